The van der Waals surface area contributed by atoms with E-state index < -0.39 is 12.0 Å². The van der Waals surface area contributed by atoms with E-state index in [0.29, 0.717) is 6.42 Å². The summed E-state index contributed by atoms with van der Waals surface area (Å²) in [7, 11) is 0. The van der Waals surface area contributed by atoms with Crippen molar-refractivity contribution in [2.75, 3.05) is 0 Å². The lowest BCUT2D eigenvalue weighted by molar-refractivity contribution is -0.131. The van der Waals surface area contributed by atoms with Crippen molar-refractivity contribution >= 4 is 5.91 Å². The third kappa shape index (κ3) is 15.8. The highest BCUT2D eigenvalue weighted by Crippen LogP contribution is 2.13. The zero-order valence-corrected chi connectivity index (χ0v) is 14.5. The van der Waals surface area contributed by atoms with Crippen molar-refractivity contribution in [1.29, 1.82) is 0 Å². The van der Waals surface area contributed by atoms with Gasteiger partial charge in [-0.2, -0.15) is 0 Å². The highest BCUT2D eigenvalue weighted by molar-refractivity contribution is 5.74. The Labute approximate surface area is 136 Å². The monoisotopic (exact) mass is 315 g/mol. The lowest BCUT2D eigenvalue weighted by Crippen LogP contribution is -2.24. The minimum Gasteiger partial charge on any atom is -0.393 e. The van der Waals surface area contributed by atoms with Gasteiger partial charge in [0.15, 0.2) is 0 Å². The second kappa shape index (κ2) is 16.8. The summed E-state index contributed by atoms with van der Waals surface area (Å²) < 4.78 is 0. The van der Waals surface area contributed by atoms with E-state index in [1.54, 1.807) is 5.48 Å². The van der Waals surface area contributed by atoms with Crippen molar-refractivity contribution < 1.29 is 15.1 Å². The summed E-state index contributed by atoms with van der Waals surface area (Å²) in [5.41, 5.74) is 1.55. The molecule has 0 fully saturated rings. The highest BCUT2D eigenvalue weighted by Gasteiger charge is 2.09. The molecule has 4 heteroatoms. The molecule has 1 atom stereocenters. The van der Waals surface area contributed by atoms with Gasteiger partial charge in [0.2, 0.25) is 5.91 Å². The van der Waals surface area contributed by atoms with Gasteiger partial charge < -0.3 is 5.11 Å². The first-order chi connectivity index (χ1) is 10.7. The minimum absolute atomic E-state index is 0.00520. The summed E-state index contributed by atoms with van der Waals surface area (Å²) in [6.45, 7) is 2.26. The smallest absolute Gasteiger partial charge is 0.245 e. The Kier molecular flexibility index (Phi) is 16.3. The third-order valence-electron chi connectivity index (χ3n) is 4.19. The number of rotatable bonds is 16. The van der Waals surface area contributed by atoms with Gasteiger partial charge in [-0.3, -0.25) is 10.0 Å². The lowest BCUT2D eigenvalue weighted by Gasteiger charge is -2.08. The van der Waals surface area contributed by atoms with Gasteiger partial charge in [-0.15, -0.1) is 0 Å². The molecule has 0 aromatic carbocycles. The summed E-state index contributed by atoms with van der Waals surface area (Å²) in [4.78, 5) is 10.8. The van der Waals surface area contributed by atoms with E-state index in [4.69, 9.17) is 5.21 Å². The van der Waals surface area contributed by atoms with Crippen molar-refractivity contribution in [3.8, 4) is 0 Å². The Morgan fingerprint density at radius 1 is 0.818 bits per heavy atom. The molecule has 0 radical (unpaired) electrons. The number of carbonyl (C=O) groups excluding carboxylic acids is 1. The molecule has 132 valence electrons. The maximum atomic E-state index is 10.8. The zero-order valence-electron chi connectivity index (χ0n) is 14.5. The van der Waals surface area contributed by atoms with Crippen LogP contribution in [0.2, 0.25) is 0 Å². The molecule has 0 aromatic rings. The predicted molar refractivity (Wildman–Crippen MR) is 90.9 cm³/mol. The molecule has 0 saturated heterocycles. The molecular formula is C18H37NO3. The van der Waals surface area contributed by atoms with Crippen LogP contribution in [-0.2, 0) is 4.79 Å². The van der Waals surface area contributed by atoms with Crippen LogP contribution < -0.4 is 5.48 Å². The summed E-state index contributed by atoms with van der Waals surface area (Å²) in [6.07, 6.45) is 17.0. The quantitative estimate of drug-likeness (QED) is 0.219. The molecule has 0 rings (SSSR count). The molecule has 0 saturated carbocycles. The molecular weight excluding hydrogens is 278 g/mol. The van der Waals surface area contributed by atoms with Crippen LogP contribution in [0, 0.1) is 0 Å². The number of nitrogens with one attached hydrogen (secondary N) is 1. The van der Waals surface area contributed by atoms with Gasteiger partial charge in [0.05, 0.1) is 12.5 Å². The van der Waals surface area contributed by atoms with Crippen LogP contribution in [0.4, 0.5) is 0 Å². The Morgan fingerprint density at radius 3 is 1.64 bits per heavy atom. The fraction of sp³-hybridized carbons (Fsp3) is 0.944. The second-order valence-corrected chi connectivity index (χ2v) is 6.42. The average Bonchev–Trinajstić information content (AvgIpc) is 2.51. The SMILES string of the molecule is CCCCCCCCCCCCCCCC(O)CC(=O)NO. The molecule has 4 nitrogen and oxygen atoms in total. The number of aliphatic hydroxyl groups excluding tert-OH is 1. The average molecular weight is 315 g/mol. The summed E-state index contributed by atoms with van der Waals surface area (Å²) >= 11 is 0. The number of aliphatic hydroxyl groups is 1. The van der Waals surface area contributed by atoms with E-state index in [2.05, 4.69) is 6.92 Å². The molecule has 0 aliphatic heterocycles. The van der Waals surface area contributed by atoms with E-state index >= 15 is 0 Å². The van der Waals surface area contributed by atoms with Crippen molar-refractivity contribution in [2.24, 2.45) is 0 Å². The standard InChI is InChI=1S/C18H37NO3/c1-2-3-4-5-6-7-8-9-10-11-12-13-14-15-17(20)16-18(21)19-22/h17,20,22H,2-16H2,1H3,(H,19,21). The summed E-state index contributed by atoms with van der Waals surface area (Å²) in [5, 5.41) is 17.9. The first-order valence-electron chi connectivity index (χ1n) is 9.31. The van der Waals surface area contributed by atoms with Crippen molar-refractivity contribution in [3.63, 3.8) is 0 Å². The van der Waals surface area contributed by atoms with E-state index in [1.807, 2.05) is 0 Å². The van der Waals surface area contributed by atoms with Crippen LogP contribution >= 0.6 is 0 Å². The Hall–Kier alpha value is -0.610. The number of hydrogen-bond acceptors (Lipinski definition) is 3. The molecule has 0 aliphatic rings. The first-order valence-corrected chi connectivity index (χ1v) is 9.31. The normalized spacial score (nSPS) is 12.3. The van der Waals surface area contributed by atoms with Crippen LogP contribution in [0.25, 0.3) is 0 Å². The maximum absolute atomic E-state index is 10.8. The van der Waals surface area contributed by atoms with Crippen molar-refractivity contribution in [1.82, 2.24) is 5.48 Å². The molecule has 0 heterocycles. The van der Waals surface area contributed by atoms with Gasteiger partial charge >= 0.3 is 0 Å². The molecule has 0 bridgehead atoms. The number of unbranched alkanes of at least 4 members (excludes halogenated alkanes) is 12. The fourth-order valence-electron chi connectivity index (χ4n) is 2.76. The second-order valence-electron chi connectivity index (χ2n) is 6.42. The van der Waals surface area contributed by atoms with Crippen molar-refractivity contribution in [3.05, 3.63) is 0 Å². The highest BCUT2D eigenvalue weighted by atomic mass is 16.5. The number of amides is 1. The molecule has 0 aromatic heterocycles. The van der Waals surface area contributed by atoms with E-state index in [-0.39, 0.29) is 6.42 Å². The van der Waals surface area contributed by atoms with E-state index in [9.17, 15) is 9.90 Å². The Balaban J connectivity index is 3.12. The van der Waals surface area contributed by atoms with Gasteiger partial charge in [-0.05, 0) is 6.42 Å². The van der Waals surface area contributed by atoms with Crippen LogP contribution in [0.5, 0.6) is 0 Å². The first kappa shape index (κ1) is 21.4. The number of hydroxylamine groups is 1. The fourth-order valence-corrected chi connectivity index (χ4v) is 2.76. The zero-order chi connectivity index (χ0) is 16.5. The lowest BCUT2D eigenvalue weighted by atomic mass is 10.0. The largest absolute Gasteiger partial charge is 0.393 e. The minimum atomic E-state index is -0.625. The van der Waals surface area contributed by atoms with Gasteiger partial charge in [0.1, 0.15) is 0 Å². The van der Waals surface area contributed by atoms with Gasteiger partial charge in [-0.1, -0.05) is 90.4 Å². The molecule has 1 unspecified atom stereocenters. The van der Waals surface area contributed by atoms with Crippen LogP contribution in [0.1, 0.15) is 103 Å². The molecule has 3 N–H and O–H groups in total. The molecule has 0 spiro atoms. The van der Waals surface area contributed by atoms with Crippen LogP contribution in [0.15, 0.2) is 0 Å². The topological polar surface area (TPSA) is 69.6 Å². The number of hydrogen-bond donors (Lipinski definition) is 3. The van der Waals surface area contributed by atoms with Gasteiger partial charge in [0, 0.05) is 0 Å². The Morgan fingerprint density at radius 2 is 1.23 bits per heavy atom. The molecule has 1 amide bonds. The summed E-state index contributed by atoms with van der Waals surface area (Å²) in [6, 6.07) is 0. The van der Waals surface area contributed by atoms with Crippen LogP contribution in [-0.4, -0.2) is 22.3 Å². The Bertz CT molecular complexity index is 246. The summed E-state index contributed by atoms with van der Waals surface area (Å²) in [5.74, 6) is -0.512. The van der Waals surface area contributed by atoms with Gasteiger partial charge in [0.25, 0.3) is 0 Å². The van der Waals surface area contributed by atoms with Crippen LogP contribution in [0.3, 0.4) is 0 Å². The molecule has 22 heavy (non-hydrogen) atoms. The number of carbonyl (C=O) groups is 1. The third-order valence-corrected chi connectivity index (χ3v) is 4.19. The molecule has 0 aliphatic carbocycles. The predicted octanol–water partition coefficient (Wildman–Crippen LogP) is 4.72. The van der Waals surface area contributed by atoms with E-state index in [1.165, 1.54) is 70.6 Å². The van der Waals surface area contributed by atoms with Crippen molar-refractivity contribution in [2.45, 2.75) is 109 Å². The van der Waals surface area contributed by atoms with E-state index in [0.717, 1.165) is 12.8 Å². The maximum Gasteiger partial charge on any atom is 0.245 e. The van der Waals surface area contributed by atoms with Gasteiger partial charge in [-0.25, -0.2) is 5.48 Å².